The van der Waals surface area contributed by atoms with E-state index in [2.05, 4.69) is 33.0 Å². The van der Waals surface area contributed by atoms with Gasteiger partial charge in [0.05, 0.1) is 0 Å². The Balaban J connectivity index is 2.57. The maximum atomic E-state index is 9.26. The lowest BCUT2D eigenvalue weighted by Crippen LogP contribution is -2.32. The van der Waals surface area contributed by atoms with E-state index in [1.807, 2.05) is 12.1 Å². The van der Waals surface area contributed by atoms with Gasteiger partial charge >= 0.3 is 0 Å². The van der Waals surface area contributed by atoms with E-state index in [1.54, 1.807) is 12.1 Å². The normalized spacial score (nSPS) is 13.3. The van der Waals surface area contributed by atoms with E-state index in [-0.39, 0.29) is 0 Å². The molecule has 1 aromatic carbocycles. The first kappa shape index (κ1) is 14.0. The topological polar surface area (TPSA) is 32.3 Å². The fourth-order valence-corrected chi connectivity index (χ4v) is 1.87. The maximum Gasteiger partial charge on any atom is 0.115 e. The summed E-state index contributed by atoms with van der Waals surface area (Å²) in [4.78, 5) is 0. The molecule has 0 aliphatic carbocycles. The van der Waals surface area contributed by atoms with Crippen molar-refractivity contribution in [2.45, 2.75) is 40.2 Å². The average molecular weight is 235 g/mol. The summed E-state index contributed by atoms with van der Waals surface area (Å²) >= 11 is 0. The Bertz CT molecular complexity index is 316. The van der Waals surface area contributed by atoms with Gasteiger partial charge in [0.15, 0.2) is 0 Å². The van der Waals surface area contributed by atoms with Crippen molar-refractivity contribution >= 4 is 0 Å². The zero-order valence-electron chi connectivity index (χ0n) is 11.4. The van der Waals surface area contributed by atoms with E-state index in [0.717, 1.165) is 13.0 Å². The fourth-order valence-electron chi connectivity index (χ4n) is 1.87. The summed E-state index contributed by atoms with van der Waals surface area (Å²) in [6.45, 7) is 9.95. The predicted molar refractivity (Wildman–Crippen MR) is 73.3 cm³/mol. The number of hydrogen-bond acceptors (Lipinski definition) is 2. The summed E-state index contributed by atoms with van der Waals surface area (Å²) in [5.74, 6) is 1.65. The van der Waals surface area contributed by atoms with E-state index in [4.69, 9.17) is 0 Å². The van der Waals surface area contributed by atoms with Crippen LogP contribution in [0, 0.1) is 11.8 Å². The molecule has 0 saturated carbocycles. The second-order valence-electron chi connectivity index (χ2n) is 5.44. The molecule has 2 heteroatoms. The van der Waals surface area contributed by atoms with Crippen molar-refractivity contribution in [3.8, 4) is 5.75 Å². The molecule has 0 aliphatic rings. The first-order chi connectivity index (χ1) is 7.99. The Labute approximate surface area is 105 Å². The molecule has 1 aromatic rings. The fraction of sp³-hybridized carbons (Fsp3) is 0.600. The third kappa shape index (κ3) is 5.22. The van der Waals surface area contributed by atoms with Crippen LogP contribution in [0.3, 0.4) is 0 Å². The zero-order valence-corrected chi connectivity index (χ0v) is 11.4. The van der Waals surface area contributed by atoms with Crippen LogP contribution in [0.2, 0.25) is 0 Å². The van der Waals surface area contributed by atoms with Crippen LogP contribution in [-0.2, 0) is 6.42 Å². The molecule has 2 N–H and O–H groups in total. The minimum Gasteiger partial charge on any atom is -0.508 e. The first-order valence-corrected chi connectivity index (χ1v) is 6.50. The van der Waals surface area contributed by atoms with E-state index < -0.39 is 0 Å². The number of phenolic OH excluding ortho intramolecular Hbond substituents is 1. The summed E-state index contributed by atoms with van der Waals surface area (Å²) in [7, 11) is 0. The highest BCUT2D eigenvalue weighted by atomic mass is 16.3. The molecule has 1 rings (SSSR count). The van der Waals surface area contributed by atoms with Gasteiger partial charge in [-0.1, -0.05) is 39.8 Å². The van der Waals surface area contributed by atoms with E-state index in [9.17, 15) is 5.11 Å². The second kappa shape index (κ2) is 6.65. The number of hydrogen-bond donors (Lipinski definition) is 2. The molecule has 0 aromatic heterocycles. The SMILES string of the molecule is CC(C)NCC(Cc1ccc(O)cc1)C(C)C. The molecule has 0 spiro atoms. The van der Waals surface area contributed by atoms with E-state index in [0.29, 0.717) is 23.6 Å². The standard InChI is InChI=1S/C15H25NO/c1-11(2)14(10-16-12(3)4)9-13-5-7-15(17)8-6-13/h5-8,11-12,14,16-17H,9-10H2,1-4H3. The molecule has 0 saturated heterocycles. The van der Waals surface area contributed by atoms with Gasteiger partial charge in [0.2, 0.25) is 0 Å². The van der Waals surface area contributed by atoms with Crippen LogP contribution >= 0.6 is 0 Å². The lowest BCUT2D eigenvalue weighted by Gasteiger charge is -2.23. The van der Waals surface area contributed by atoms with Crippen molar-refractivity contribution in [2.75, 3.05) is 6.54 Å². The van der Waals surface area contributed by atoms with Gasteiger partial charge in [-0.2, -0.15) is 0 Å². The van der Waals surface area contributed by atoms with Crippen molar-refractivity contribution in [2.24, 2.45) is 11.8 Å². The van der Waals surface area contributed by atoms with Gasteiger partial charge in [-0.3, -0.25) is 0 Å². The van der Waals surface area contributed by atoms with Gasteiger partial charge in [-0.15, -0.1) is 0 Å². The summed E-state index contributed by atoms with van der Waals surface area (Å²) < 4.78 is 0. The molecular formula is C15H25NO. The van der Waals surface area contributed by atoms with Gasteiger partial charge in [0.1, 0.15) is 5.75 Å². The van der Waals surface area contributed by atoms with Crippen molar-refractivity contribution in [1.29, 1.82) is 0 Å². The molecule has 1 atom stereocenters. The highest BCUT2D eigenvalue weighted by Gasteiger charge is 2.14. The molecule has 0 bridgehead atoms. The van der Waals surface area contributed by atoms with Gasteiger partial charge in [0.25, 0.3) is 0 Å². The van der Waals surface area contributed by atoms with Gasteiger partial charge < -0.3 is 10.4 Å². The largest absolute Gasteiger partial charge is 0.508 e. The number of benzene rings is 1. The summed E-state index contributed by atoms with van der Waals surface area (Å²) in [5.41, 5.74) is 1.30. The number of rotatable bonds is 6. The third-order valence-electron chi connectivity index (χ3n) is 3.17. The van der Waals surface area contributed by atoms with Crippen LogP contribution in [-0.4, -0.2) is 17.7 Å². The molecule has 0 amide bonds. The van der Waals surface area contributed by atoms with Crippen LogP contribution in [0.4, 0.5) is 0 Å². The van der Waals surface area contributed by atoms with Crippen LogP contribution < -0.4 is 5.32 Å². The Morgan fingerprint density at radius 1 is 1.06 bits per heavy atom. The van der Waals surface area contributed by atoms with Crippen molar-refractivity contribution in [3.05, 3.63) is 29.8 Å². The van der Waals surface area contributed by atoms with Crippen LogP contribution in [0.15, 0.2) is 24.3 Å². The molecule has 0 heterocycles. The molecule has 0 radical (unpaired) electrons. The van der Waals surface area contributed by atoms with E-state index >= 15 is 0 Å². The number of aromatic hydroxyl groups is 1. The summed E-state index contributed by atoms with van der Waals surface area (Å²) in [6, 6.07) is 8.10. The Hall–Kier alpha value is -1.02. The summed E-state index contributed by atoms with van der Waals surface area (Å²) in [6.07, 6.45) is 1.07. The monoisotopic (exact) mass is 235 g/mol. The zero-order chi connectivity index (χ0) is 12.8. The lowest BCUT2D eigenvalue weighted by molar-refractivity contribution is 0.349. The average Bonchev–Trinajstić information content (AvgIpc) is 2.26. The highest BCUT2D eigenvalue weighted by Crippen LogP contribution is 2.18. The molecule has 17 heavy (non-hydrogen) atoms. The van der Waals surface area contributed by atoms with Crippen LogP contribution in [0.5, 0.6) is 5.75 Å². The van der Waals surface area contributed by atoms with Crippen LogP contribution in [0.25, 0.3) is 0 Å². The molecule has 1 unspecified atom stereocenters. The molecular weight excluding hydrogens is 210 g/mol. The Morgan fingerprint density at radius 2 is 1.65 bits per heavy atom. The van der Waals surface area contributed by atoms with Gasteiger partial charge in [-0.25, -0.2) is 0 Å². The second-order valence-corrected chi connectivity index (χ2v) is 5.44. The molecule has 2 nitrogen and oxygen atoms in total. The van der Waals surface area contributed by atoms with E-state index in [1.165, 1.54) is 5.56 Å². The van der Waals surface area contributed by atoms with Crippen molar-refractivity contribution in [1.82, 2.24) is 5.32 Å². The first-order valence-electron chi connectivity index (χ1n) is 6.50. The van der Waals surface area contributed by atoms with Gasteiger partial charge in [-0.05, 0) is 42.5 Å². The highest BCUT2D eigenvalue weighted by molar-refractivity contribution is 5.26. The molecule has 96 valence electrons. The minimum atomic E-state index is 0.343. The van der Waals surface area contributed by atoms with Crippen LogP contribution in [0.1, 0.15) is 33.3 Å². The number of nitrogens with one attached hydrogen (secondary N) is 1. The Kier molecular flexibility index (Phi) is 5.49. The quantitative estimate of drug-likeness (QED) is 0.793. The molecule has 0 fully saturated rings. The third-order valence-corrected chi connectivity index (χ3v) is 3.17. The predicted octanol–water partition coefficient (Wildman–Crippen LogP) is 3.20. The van der Waals surface area contributed by atoms with Crippen molar-refractivity contribution in [3.63, 3.8) is 0 Å². The van der Waals surface area contributed by atoms with Gasteiger partial charge in [0, 0.05) is 6.04 Å². The Morgan fingerprint density at radius 3 is 2.12 bits per heavy atom. The lowest BCUT2D eigenvalue weighted by atomic mass is 9.89. The maximum absolute atomic E-state index is 9.26. The minimum absolute atomic E-state index is 0.343. The number of phenols is 1. The smallest absolute Gasteiger partial charge is 0.115 e. The van der Waals surface area contributed by atoms with Crippen molar-refractivity contribution < 1.29 is 5.11 Å². The summed E-state index contributed by atoms with van der Waals surface area (Å²) in [5, 5.41) is 12.8. The molecule has 0 aliphatic heterocycles.